The number of ether oxygens (including phenoxy) is 1. The molecule has 0 saturated heterocycles. The Morgan fingerprint density at radius 3 is 2.00 bits per heavy atom. The lowest BCUT2D eigenvalue weighted by molar-refractivity contribution is -0.134. The van der Waals surface area contributed by atoms with Gasteiger partial charge in [0.2, 0.25) is 0 Å². The van der Waals surface area contributed by atoms with E-state index in [1.165, 1.54) is 30.2 Å². The fourth-order valence-electron chi connectivity index (χ4n) is 3.95. The first-order chi connectivity index (χ1) is 13.5. The van der Waals surface area contributed by atoms with E-state index >= 15 is 0 Å². The molecular formula is C25H28O4. The van der Waals surface area contributed by atoms with E-state index in [-0.39, 0.29) is 16.4 Å². The maximum atomic E-state index is 11.7. The lowest BCUT2D eigenvalue weighted by Gasteiger charge is -2.42. The van der Waals surface area contributed by atoms with Gasteiger partial charge in [0.1, 0.15) is 5.76 Å². The highest BCUT2D eigenvalue weighted by Gasteiger charge is 2.36. The first kappa shape index (κ1) is 20.8. The number of fused-ring (bicyclic) bond motifs is 1. The monoisotopic (exact) mass is 392 g/mol. The van der Waals surface area contributed by atoms with Crippen LogP contribution in [0.25, 0.3) is 11.8 Å². The first-order valence-electron chi connectivity index (χ1n) is 9.88. The molecule has 2 aromatic rings. The fourth-order valence-corrected chi connectivity index (χ4v) is 3.95. The number of carbonyl (C=O) groups excluding carboxylic acids is 1. The fraction of sp³-hybridized carbons (Fsp3) is 0.360. The third-order valence-corrected chi connectivity index (χ3v) is 5.84. The molecule has 0 fully saturated rings. The van der Waals surface area contributed by atoms with E-state index in [4.69, 9.17) is 9.84 Å². The highest BCUT2D eigenvalue weighted by molar-refractivity contribution is 5.89. The van der Waals surface area contributed by atoms with Crippen molar-refractivity contribution in [2.45, 2.75) is 58.3 Å². The Kier molecular flexibility index (Phi) is 5.40. The molecule has 4 nitrogen and oxygen atoms in total. The minimum atomic E-state index is -0.992. The molecule has 0 spiro atoms. The molecule has 0 aliphatic heterocycles. The maximum Gasteiger partial charge on any atom is 0.335 e. The van der Waals surface area contributed by atoms with Gasteiger partial charge in [-0.05, 0) is 58.6 Å². The molecule has 29 heavy (non-hydrogen) atoms. The second-order valence-corrected chi connectivity index (χ2v) is 9.06. The van der Waals surface area contributed by atoms with Gasteiger partial charge in [0, 0.05) is 12.5 Å². The largest absolute Gasteiger partial charge is 0.478 e. The van der Waals surface area contributed by atoms with Gasteiger partial charge >= 0.3 is 11.9 Å². The molecule has 0 heterocycles. The molecule has 0 bridgehead atoms. The Labute approximate surface area is 172 Å². The predicted molar refractivity (Wildman–Crippen MR) is 115 cm³/mol. The summed E-state index contributed by atoms with van der Waals surface area (Å²) >= 11 is 0. The lowest BCUT2D eigenvalue weighted by atomic mass is 9.63. The standard InChI is InChI=1S/C25H28O4/c1-16(26)29-22(18-7-9-19(10-8-18)23(27)28)15-17-6-11-20-21(14-17)25(4,5)13-12-24(20,2)3/h6-11,14-15H,12-13H2,1-5H3,(H,27,28). The van der Waals surface area contributed by atoms with Gasteiger partial charge in [0.05, 0.1) is 5.56 Å². The van der Waals surface area contributed by atoms with Crippen LogP contribution in [0, 0.1) is 0 Å². The summed E-state index contributed by atoms with van der Waals surface area (Å²) in [5.74, 6) is -1.01. The van der Waals surface area contributed by atoms with Crippen molar-refractivity contribution in [3.8, 4) is 0 Å². The van der Waals surface area contributed by atoms with E-state index in [2.05, 4.69) is 45.9 Å². The number of rotatable bonds is 4. The number of carboxylic acid groups (broad SMARTS) is 1. The Hall–Kier alpha value is -2.88. The number of hydrogen-bond donors (Lipinski definition) is 1. The van der Waals surface area contributed by atoms with Crippen LogP contribution in [0.1, 0.15) is 80.1 Å². The number of aromatic carboxylic acids is 1. The Balaban J connectivity index is 2.06. The van der Waals surface area contributed by atoms with E-state index in [1.807, 2.05) is 6.08 Å². The Morgan fingerprint density at radius 2 is 1.45 bits per heavy atom. The number of hydrogen-bond acceptors (Lipinski definition) is 3. The van der Waals surface area contributed by atoms with E-state index < -0.39 is 11.9 Å². The van der Waals surface area contributed by atoms with Crippen LogP contribution in [0.3, 0.4) is 0 Å². The molecule has 0 atom stereocenters. The van der Waals surface area contributed by atoms with Gasteiger partial charge in [-0.2, -0.15) is 0 Å². The van der Waals surface area contributed by atoms with Crippen molar-refractivity contribution in [3.63, 3.8) is 0 Å². The van der Waals surface area contributed by atoms with E-state index in [0.717, 1.165) is 18.4 Å². The number of esters is 1. The summed E-state index contributed by atoms with van der Waals surface area (Å²) in [5.41, 5.74) is 4.71. The van der Waals surface area contributed by atoms with Gasteiger partial charge in [0.25, 0.3) is 0 Å². The highest BCUT2D eigenvalue weighted by Crippen LogP contribution is 2.46. The van der Waals surface area contributed by atoms with Gasteiger partial charge in [-0.1, -0.05) is 58.0 Å². The Morgan fingerprint density at radius 1 is 0.897 bits per heavy atom. The third-order valence-electron chi connectivity index (χ3n) is 5.84. The van der Waals surface area contributed by atoms with Crippen LogP contribution in [-0.4, -0.2) is 17.0 Å². The summed E-state index contributed by atoms with van der Waals surface area (Å²) in [7, 11) is 0. The zero-order chi connectivity index (χ0) is 21.4. The van der Waals surface area contributed by atoms with Crippen LogP contribution in [0.2, 0.25) is 0 Å². The van der Waals surface area contributed by atoms with Crippen LogP contribution in [0.4, 0.5) is 0 Å². The summed E-state index contributed by atoms with van der Waals surface area (Å²) in [5, 5.41) is 9.10. The van der Waals surface area contributed by atoms with Crippen molar-refractivity contribution >= 4 is 23.8 Å². The first-order valence-corrected chi connectivity index (χ1v) is 9.88. The van der Waals surface area contributed by atoms with Crippen molar-refractivity contribution in [1.82, 2.24) is 0 Å². The summed E-state index contributed by atoms with van der Waals surface area (Å²) < 4.78 is 5.45. The van der Waals surface area contributed by atoms with Crippen molar-refractivity contribution in [2.24, 2.45) is 0 Å². The second-order valence-electron chi connectivity index (χ2n) is 9.06. The van der Waals surface area contributed by atoms with E-state index in [0.29, 0.717) is 11.3 Å². The normalized spacial score (nSPS) is 17.3. The summed E-state index contributed by atoms with van der Waals surface area (Å²) in [4.78, 5) is 22.8. The SMILES string of the molecule is CC(=O)OC(=Cc1ccc2c(c1)C(C)(C)CCC2(C)C)c1ccc(C(=O)O)cc1. The molecular weight excluding hydrogens is 364 g/mol. The van der Waals surface area contributed by atoms with Gasteiger partial charge < -0.3 is 9.84 Å². The van der Waals surface area contributed by atoms with E-state index in [9.17, 15) is 9.59 Å². The molecule has 4 heteroatoms. The van der Waals surface area contributed by atoms with Gasteiger partial charge in [-0.25, -0.2) is 4.79 Å². The average Bonchev–Trinajstić information content (AvgIpc) is 2.65. The number of carbonyl (C=O) groups is 2. The van der Waals surface area contributed by atoms with Gasteiger partial charge in [-0.15, -0.1) is 0 Å². The van der Waals surface area contributed by atoms with Crippen LogP contribution in [0.5, 0.6) is 0 Å². The molecule has 3 rings (SSSR count). The molecule has 0 aromatic heterocycles. The second kappa shape index (κ2) is 7.51. The van der Waals surface area contributed by atoms with E-state index in [1.54, 1.807) is 12.1 Å². The van der Waals surface area contributed by atoms with Gasteiger partial charge in [-0.3, -0.25) is 4.79 Å². The smallest absolute Gasteiger partial charge is 0.335 e. The van der Waals surface area contributed by atoms with Crippen molar-refractivity contribution in [2.75, 3.05) is 0 Å². The summed E-state index contributed by atoms with van der Waals surface area (Å²) in [6.45, 7) is 10.5. The van der Waals surface area contributed by atoms with Crippen LogP contribution < -0.4 is 0 Å². The molecule has 2 aromatic carbocycles. The number of carboxylic acids is 1. The van der Waals surface area contributed by atoms with Crippen molar-refractivity contribution in [3.05, 3.63) is 70.3 Å². The van der Waals surface area contributed by atoms with Crippen LogP contribution >= 0.6 is 0 Å². The van der Waals surface area contributed by atoms with Crippen LogP contribution in [0.15, 0.2) is 42.5 Å². The predicted octanol–water partition coefficient (Wildman–Crippen LogP) is 5.80. The zero-order valence-corrected chi connectivity index (χ0v) is 17.7. The summed E-state index contributed by atoms with van der Waals surface area (Å²) in [6.07, 6.45) is 4.11. The van der Waals surface area contributed by atoms with Crippen LogP contribution in [-0.2, 0) is 20.4 Å². The van der Waals surface area contributed by atoms with Gasteiger partial charge in [0.15, 0.2) is 0 Å². The molecule has 1 aliphatic rings. The summed E-state index contributed by atoms with van der Waals surface area (Å²) in [6, 6.07) is 12.7. The minimum absolute atomic E-state index is 0.0828. The quantitative estimate of drug-likeness (QED) is 0.406. The Bertz CT molecular complexity index is 978. The molecule has 0 amide bonds. The third kappa shape index (κ3) is 4.42. The van der Waals surface area contributed by atoms with Crippen molar-refractivity contribution < 1.29 is 19.4 Å². The molecule has 152 valence electrons. The molecule has 1 N–H and O–H groups in total. The lowest BCUT2D eigenvalue weighted by Crippen LogP contribution is -2.33. The topological polar surface area (TPSA) is 63.6 Å². The molecule has 1 aliphatic carbocycles. The average molecular weight is 392 g/mol. The zero-order valence-electron chi connectivity index (χ0n) is 17.7. The van der Waals surface area contributed by atoms with Crippen molar-refractivity contribution in [1.29, 1.82) is 0 Å². The highest BCUT2D eigenvalue weighted by atomic mass is 16.5. The molecule has 0 radical (unpaired) electrons. The maximum absolute atomic E-state index is 11.7. The molecule has 0 saturated carbocycles. The minimum Gasteiger partial charge on any atom is -0.478 e. The number of benzene rings is 2. The molecule has 0 unspecified atom stereocenters.